The Bertz CT molecular complexity index is 48.4. The summed E-state index contributed by atoms with van der Waals surface area (Å²) in [5.41, 5.74) is 4.95. The fourth-order valence-electron chi connectivity index (χ4n) is 0. The second-order valence-electron chi connectivity index (χ2n) is 0.504. The van der Waals surface area contributed by atoms with Crippen LogP contribution < -0.4 is 0 Å². The molecule has 0 aromatic carbocycles. The summed E-state index contributed by atoms with van der Waals surface area (Å²) < 4.78 is 0. The standard InChI is InChI=1S/2C2H2Cl2/c2*3-1-2-4/h2*1-2H/b2-1+;2-1-. The summed E-state index contributed by atoms with van der Waals surface area (Å²) in [5, 5.41) is 0. The molecular formula is C4H4Cl4. The maximum absolute atomic E-state index is 4.87. The van der Waals surface area contributed by atoms with Gasteiger partial charge >= 0.3 is 0 Å². The Morgan fingerprint density at radius 2 is 0.625 bits per heavy atom. The van der Waals surface area contributed by atoms with Crippen LogP contribution in [0.3, 0.4) is 0 Å². The van der Waals surface area contributed by atoms with Gasteiger partial charge in [0.2, 0.25) is 0 Å². The van der Waals surface area contributed by atoms with Gasteiger partial charge in [0.25, 0.3) is 0 Å². The minimum absolute atomic E-state index is 1.24. The van der Waals surface area contributed by atoms with Crippen LogP contribution in [0.4, 0.5) is 0 Å². The first-order chi connectivity index (χ1) is 3.83. The van der Waals surface area contributed by atoms with E-state index < -0.39 is 0 Å². The van der Waals surface area contributed by atoms with E-state index in [2.05, 4.69) is 0 Å². The molecule has 0 fully saturated rings. The van der Waals surface area contributed by atoms with Gasteiger partial charge in [-0.3, -0.25) is 0 Å². The molecule has 0 unspecified atom stereocenters. The summed E-state index contributed by atoms with van der Waals surface area (Å²) in [6, 6.07) is 0. The van der Waals surface area contributed by atoms with Crippen LogP contribution in [-0.4, -0.2) is 0 Å². The van der Waals surface area contributed by atoms with Crippen molar-refractivity contribution in [2.24, 2.45) is 0 Å². The van der Waals surface area contributed by atoms with Gasteiger partial charge in [-0.1, -0.05) is 46.4 Å². The van der Waals surface area contributed by atoms with Crippen molar-refractivity contribution in [3.8, 4) is 0 Å². The van der Waals surface area contributed by atoms with E-state index >= 15 is 0 Å². The van der Waals surface area contributed by atoms with Crippen molar-refractivity contribution in [1.29, 1.82) is 0 Å². The van der Waals surface area contributed by atoms with E-state index in [1.54, 1.807) is 0 Å². The van der Waals surface area contributed by atoms with E-state index in [-0.39, 0.29) is 0 Å². The molecule has 0 heterocycles. The third kappa shape index (κ3) is 30.3. The maximum atomic E-state index is 4.87. The summed E-state index contributed by atoms with van der Waals surface area (Å²) in [7, 11) is 0. The molecule has 0 saturated heterocycles. The molecule has 0 rings (SSSR count). The molecule has 0 aromatic rings. The van der Waals surface area contributed by atoms with Crippen molar-refractivity contribution in [3.05, 3.63) is 22.1 Å². The first kappa shape index (κ1) is 11.4. The summed E-state index contributed by atoms with van der Waals surface area (Å²) in [4.78, 5) is 0. The van der Waals surface area contributed by atoms with Gasteiger partial charge in [0, 0.05) is 22.1 Å². The highest BCUT2D eigenvalue weighted by Crippen LogP contribution is 1.79. The first-order valence-corrected chi connectivity index (χ1v) is 3.29. The number of hydrogen-bond donors (Lipinski definition) is 0. The molecule has 0 aliphatic heterocycles. The molecule has 0 aliphatic carbocycles. The molecule has 48 valence electrons. The molecule has 4 heteroatoms. The lowest BCUT2D eigenvalue weighted by Gasteiger charge is -1.44. The zero-order valence-electron chi connectivity index (χ0n) is 3.82. The molecule has 0 saturated carbocycles. The predicted octanol–water partition coefficient (Wildman–Crippen LogP) is 3.87. The van der Waals surface area contributed by atoms with Crippen LogP contribution in [-0.2, 0) is 0 Å². The van der Waals surface area contributed by atoms with Gasteiger partial charge in [-0.2, -0.15) is 0 Å². The van der Waals surface area contributed by atoms with Crippen LogP contribution in [0.25, 0.3) is 0 Å². The summed E-state index contributed by atoms with van der Waals surface area (Å²) in [6.07, 6.45) is 0. The molecule has 0 spiro atoms. The lowest BCUT2D eigenvalue weighted by Crippen LogP contribution is -1.11. The van der Waals surface area contributed by atoms with E-state index in [9.17, 15) is 0 Å². The van der Waals surface area contributed by atoms with Gasteiger partial charge in [-0.15, -0.1) is 0 Å². The second kappa shape index (κ2) is 15.6. The molecule has 0 radical (unpaired) electrons. The predicted molar refractivity (Wildman–Crippen MR) is 41.7 cm³/mol. The van der Waals surface area contributed by atoms with Crippen LogP contribution in [0.1, 0.15) is 0 Å². The number of halogens is 4. The monoisotopic (exact) mass is 192 g/mol. The summed E-state index contributed by atoms with van der Waals surface area (Å²) in [5.74, 6) is 0. The second-order valence-corrected chi connectivity index (χ2v) is 1.51. The van der Waals surface area contributed by atoms with Gasteiger partial charge < -0.3 is 0 Å². The normalized spacial score (nSPS) is 9.50. The Hall–Kier alpha value is 0.640. The Labute approximate surface area is 68.7 Å². The topological polar surface area (TPSA) is 0 Å². The highest BCUT2D eigenvalue weighted by molar-refractivity contribution is 6.33. The van der Waals surface area contributed by atoms with E-state index in [1.807, 2.05) is 0 Å². The summed E-state index contributed by atoms with van der Waals surface area (Å²) >= 11 is 19.5. The van der Waals surface area contributed by atoms with Gasteiger partial charge in [0.1, 0.15) is 0 Å². The third-order valence-corrected chi connectivity index (χ3v) is 0.857. The van der Waals surface area contributed by atoms with E-state index in [0.29, 0.717) is 0 Å². The van der Waals surface area contributed by atoms with Crippen molar-refractivity contribution in [3.63, 3.8) is 0 Å². The zero-order valence-corrected chi connectivity index (χ0v) is 6.84. The van der Waals surface area contributed by atoms with E-state index in [1.165, 1.54) is 22.1 Å². The quantitative estimate of drug-likeness (QED) is 0.548. The van der Waals surface area contributed by atoms with Crippen molar-refractivity contribution in [2.45, 2.75) is 0 Å². The van der Waals surface area contributed by atoms with Crippen molar-refractivity contribution in [2.75, 3.05) is 0 Å². The van der Waals surface area contributed by atoms with E-state index in [4.69, 9.17) is 46.4 Å². The molecular weight excluding hydrogens is 190 g/mol. The Kier molecular flexibility index (Phi) is 22.4. The largest absolute Gasteiger partial charge is 0.0920 e. The van der Waals surface area contributed by atoms with Crippen molar-refractivity contribution < 1.29 is 0 Å². The molecule has 0 nitrogen and oxygen atoms in total. The Morgan fingerprint density at radius 1 is 0.500 bits per heavy atom. The van der Waals surface area contributed by atoms with Crippen LogP contribution in [0.5, 0.6) is 0 Å². The maximum Gasteiger partial charge on any atom is 0.0156 e. The molecule has 0 N–H and O–H groups in total. The first-order valence-electron chi connectivity index (χ1n) is 1.54. The molecule has 0 aromatic heterocycles. The SMILES string of the molecule is Cl/C=C/Cl.Cl/C=C\Cl. The molecule has 0 atom stereocenters. The van der Waals surface area contributed by atoms with Crippen molar-refractivity contribution >= 4 is 46.4 Å². The summed E-state index contributed by atoms with van der Waals surface area (Å²) in [6.45, 7) is 0. The average Bonchev–Trinajstić information content (AvgIpc) is 1.88. The minimum Gasteiger partial charge on any atom is -0.0920 e. The van der Waals surface area contributed by atoms with Crippen LogP contribution in [0.15, 0.2) is 22.1 Å². The van der Waals surface area contributed by atoms with Gasteiger partial charge in [0.05, 0.1) is 0 Å². The lowest BCUT2D eigenvalue weighted by atomic mass is 11.3. The fraction of sp³-hybridized carbons (Fsp3) is 0. The number of rotatable bonds is 0. The van der Waals surface area contributed by atoms with E-state index in [0.717, 1.165) is 0 Å². The van der Waals surface area contributed by atoms with Crippen LogP contribution >= 0.6 is 46.4 Å². The average molecular weight is 194 g/mol. The Morgan fingerprint density at radius 3 is 0.625 bits per heavy atom. The Balaban J connectivity index is 0. The minimum atomic E-state index is 1.24. The smallest absolute Gasteiger partial charge is 0.0156 e. The van der Waals surface area contributed by atoms with Crippen LogP contribution in [0, 0.1) is 0 Å². The van der Waals surface area contributed by atoms with Gasteiger partial charge in [0.15, 0.2) is 0 Å². The van der Waals surface area contributed by atoms with Crippen molar-refractivity contribution in [1.82, 2.24) is 0 Å². The fourth-order valence-corrected chi connectivity index (χ4v) is 0. The lowest BCUT2D eigenvalue weighted by molar-refractivity contribution is 2.51. The van der Waals surface area contributed by atoms with Gasteiger partial charge in [-0.05, 0) is 0 Å². The molecule has 0 bridgehead atoms. The zero-order chi connectivity index (χ0) is 6.83. The third-order valence-electron chi connectivity index (χ3n) is 0.0952. The highest BCUT2D eigenvalue weighted by Gasteiger charge is 1.40. The van der Waals surface area contributed by atoms with Gasteiger partial charge in [-0.25, -0.2) is 0 Å². The molecule has 8 heavy (non-hydrogen) atoms. The molecule has 0 aliphatic rings. The number of hydrogen-bond acceptors (Lipinski definition) is 0. The van der Waals surface area contributed by atoms with Crippen LogP contribution in [0.2, 0.25) is 0 Å². The highest BCUT2D eigenvalue weighted by atomic mass is 35.5. The molecule has 0 amide bonds.